The van der Waals surface area contributed by atoms with E-state index in [1.165, 1.54) is 0 Å². The molecule has 0 aromatic carbocycles. The van der Waals surface area contributed by atoms with Crippen LogP contribution in [0.25, 0.3) is 0 Å². The molecule has 0 spiro atoms. The molecule has 0 fully saturated rings. The molecule has 0 aromatic heterocycles. The zero-order chi connectivity index (χ0) is 9.84. The van der Waals surface area contributed by atoms with Crippen molar-refractivity contribution >= 4 is 11.9 Å². The summed E-state index contributed by atoms with van der Waals surface area (Å²) in [6, 6.07) is 0. The standard InChI is InChI=1S/C8H10O5/c9-7(10)5-2-1-3-6(4-5)8(11)13-12/h2,6,12H,1,3-4H2,(H,9,10). The van der Waals surface area contributed by atoms with Crippen LogP contribution in [0.2, 0.25) is 0 Å². The molecule has 0 amide bonds. The zero-order valence-corrected chi connectivity index (χ0v) is 6.90. The zero-order valence-electron chi connectivity index (χ0n) is 6.90. The summed E-state index contributed by atoms with van der Waals surface area (Å²) in [6.45, 7) is 0. The van der Waals surface area contributed by atoms with Crippen LogP contribution in [0.1, 0.15) is 19.3 Å². The number of rotatable bonds is 2. The molecule has 0 aromatic rings. The smallest absolute Gasteiger partial charge is 0.345 e. The summed E-state index contributed by atoms with van der Waals surface area (Å²) in [4.78, 5) is 24.9. The molecule has 1 unspecified atom stereocenters. The minimum atomic E-state index is -1.02. The van der Waals surface area contributed by atoms with Gasteiger partial charge in [-0.05, 0) is 19.3 Å². The summed E-state index contributed by atoms with van der Waals surface area (Å²) in [5.41, 5.74) is 0.210. The van der Waals surface area contributed by atoms with Crippen molar-refractivity contribution in [2.24, 2.45) is 5.92 Å². The van der Waals surface area contributed by atoms with Gasteiger partial charge in [-0.3, -0.25) is 0 Å². The van der Waals surface area contributed by atoms with Gasteiger partial charge in [0, 0.05) is 5.57 Å². The number of carboxylic acid groups (broad SMARTS) is 1. The van der Waals surface area contributed by atoms with E-state index >= 15 is 0 Å². The van der Waals surface area contributed by atoms with Gasteiger partial charge in [0.05, 0.1) is 5.92 Å². The van der Waals surface area contributed by atoms with E-state index in [1.54, 1.807) is 6.08 Å². The second-order valence-electron chi connectivity index (χ2n) is 2.92. The molecule has 5 heteroatoms. The topological polar surface area (TPSA) is 83.8 Å². The fraction of sp³-hybridized carbons (Fsp3) is 0.500. The van der Waals surface area contributed by atoms with Crippen molar-refractivity contribution in [1.82, 2.24) is 0 Å². The lowest BCUT2D eigenvalue weighted by atomic mass is 9.89. The van der Waals surface area contributed by atoms with Crippen LogP contribution in [0, 0.1) is 5.92 Å². The van der Waals surface area contributed by atoms with Crippen molar-refractivity contribution in [3.8, 4) is 0 Å². The lowest BCUT2D eigenvalue weighted by Crippen LogP contribution is -2.21. The lowest BCUT2D eigenvalue weighted by molar-refractivity contribution is -0.239. The third-order valence-electron chi connectivity index (χ3n) is 2.07. The highest BCUT2D eigenvalue weighted by Crippen LogP contribution is 2.24. The Bertz CT molecular complexity index is 255. The second kappa shape index (κ2) is 4.04. The van der Waals surface area contributed by atoms with Crippen LogP contribution in [-0.2, 0) is 14.5 Å². The van der Waals surface area contributed by atoms with E-state index in [0.29, 0.717) is 12.8 Å². The van der Waals surface area contributed by atoms with Gasteiger partial charge in [-0.1, -0.05) is 6.08 Å². The number of carboxylic acids is 1. The molecule has 0 saturated carbocycles. The quantitative estimate of drug-likeness (QED) is 0.492. The lowest BCUT2D eigenvalue weighted by Gasteiger charge is -2.16. The summed E-state index contributed by atoms with van der Waals surface area (Å²) in [6.07, 6.45) is 2.77. The Hall–Kier alpha value is -1.36. The number of hydrogen-bond donors (Lipinski definition) is 2. The fourth-order valence-corrected chi connectivity index (χ4v) is 1.36. The molecule has 1 aliphatic carbocycles. The van der Waals surface area contributed by atoms with Crippen molar-refractivity contribution in [2.75, 3.05) is 0 Å². The van der Waals surface area contributed by atoms with Crippen LogP contribution in [0.4, 0.5) is 0 Å². The van der Waals surface area contributed by atoms with Crippen molar-refractivity contribution in [1.29, 1.82) is 0 Å². The highest BCUT2D eigenvalue weighted by atomic mass is 17.1. The average Bonchev–Trinajstić information content (AvgIpc) is 2.17. The third kappa shape index (κ3) is 2.29. The summed E-state index contributed by atoms with van der Waals surface area (Å²) in [5.74, 6) is -2.30. The maximum absolute atomic E-state index is 10.8. The molecule has 0 radical (unpaired) electrons. The van der Waals surface area contributed by atoms with Crippen molar-refractivity contribution in [3.63, 3.8) is 0 Å². The predicted molar refractivity (Wildman–Crippen MR) is 41.8 cm³/mol. The maximum atomic E-state index is 10.8. The number of allylic oxidation sites excluding steroid dienone is 1. The molecule has 0 saturated heterocycles. The van der Waals surface area contributed by atoms with Crippen molar-refractivity contribution in [2.45, 2.75) is 19.3 Å². The van der Waals surface area contributed by atoms with Crippen LogP contribution < -0.4 is 0 Å². The predicted octanol–water partition coefficient (Wildman–Crippen LogP) is 0.814. The van der Waals surface area contributed by atoms with Crippen LogP contribution in [0.3, 0.4) is 0 Å². The Morgan fingerprint density at radius 1 is 1.54 bits per heavy atom. The first-order valence-corrected chi connectivity index (χ1v) is 3.92. The van der Waals surface area contributed by atoms with E-state index in [-0.39, 0.29) is 12.0 Å². The van der Waals surface area contributed by atoms with E-state index in [9.17, 15) is 9.59 Å². The molecule has 5 nitrogen and oxygen atoms in total. The Morgan fingerprint density at radius 3 is 2.77 bits per heavy atom. The van der Waals surface area contributed by atoms with Crippen LogP contribution in [0.15, 0.2) is 11.6 Å². The molecular weight excluding hydrogens is 176 g/mol. The van der Waals surface area contributed by atoms with E-state index in [1.807, 2.05) is 0 Å². The highest BCUT2D eigenvalue weighted by Gasteiger charge is 2.26. The van der Waals surface area contributed by atoms with E-state index in [2.05, 4.69) is 4.89 Å². The third-order valence-corrected chi connectivity index (χ3v) is 2.07. The van der Waals surface area contributed by atoms with Gasteiger partial charge < -0.3 is 9.99 Å². The summed E-state index contributed by atoms with van der Waals surface area (Å²) < 4.78 is 0. The summed E-state index contributed by atoms with van der Waals surface area (Å²) >= 11 is 0. The monoisotopic (exact) mass is 186 g/mol. The van der Waals surface area contributed by atoms with E-state index in [0.717, 1.165) is 0 Å². The Balaban J connectivity index is 2.62. The molecule has 0 heterocycles. The van der Waals surface area contributed by atoms with Gasteiger partial charge >= 0.3 is 11.9 Å². The van der Waals surface area contributed by atoms with Crippen LogP contribution in [-0.4, -0.2) is 22.3 Å². The molecule has 0 aliphatic heterocycles. The summed E-state index contributed by atoms with van der Waals surface area (Å²) in [7, 11) is 0. The number of hydrogen-bond acceptors (Lipinski definition) is 4. The first-order valence-electron chi connectivity index (χ1n) is 3.92. The number of carbonyl (C=O) groups excluding carboxylic acids is 1. The molecule has 1 rings (SSSR count). The fourth-order valence-electron chi connectivity index (χ4n) is 1.36. The van der Waals surface area contributed by atoms with Gasteiger partial charge in [0.25, 0.3) is 0 Å². The highest BCUT2D eigenvalue weighted by molar-refractivity contribution is 5.88. The first kappa shape index (κ1) is 9.73. The number of aliphatic carboxylic acids is 1. The van der Waals surface area contributed by atoms with Crippen molar-refractivity contribution < 1.29 is 24.8 Å². The Labute approximate surface area is 74.6 Å². The molecule has 0 bridgehead atoms. The maximum Gasteiger partial charge on any atom is 0.345 e. The molecular formula is C8H10O5. The van der Waals surface area contributed by atoms with Gasteiger partial charge in [-0.25, -0.2) is 9.59 Å². The molecule has 13 heavy (non-hydrogen) atoms. The minimum absolute atomic E-state index is 0.134. The van der Waals surface area contributed by atoms with Crippen molar-refractivity contribution in [3.05, 3.63) is 11.6 Å². The SMILES string of the molecule is O=C(O)C1=CCCC(C(=O)OO)C1. The first-order chi connectivity index (χ1) is 6.15. The van der Waals surface area contributed by atoms with Gasteiger partial charge in [0.2, 0.25) is 0 Å². The second-order valence-corrected chi connectivity index (χ2v) is 2.92. The summed E-state index contributed by atoms with van der Waals surface area (Å²) in [5, 5.41) is 16.7. The van der Waals surface area contributed by atoms with E-state index < -0.39 is 17.9 Å². The van der Waals surface area contributed by atoms with Crippen LogP contribution >= 0.6 is 0 Å². The van der Waals surface area contributed by atoms with Crippen LogP contribution in [0.5, 0.6) is 0 Å². The van der Waals surface area contributed by atoms with Gasteiger partial charge in [0.1, 0.15) is 0 Å². The molecule has 72 valence electrons. The normalized spacial score (nSPS) is 21.9. The largest absolute Gasteiger partial charge is 0.478 e. The minimum Gasteiger partial charge on any atom is -0.478 e. The van der Waals surface area contributed by atoms with Gasteiger partial charge in [-0.15, -0.1) is 0 Å². The average molecular weight is 186 g/mol. The Morgan fingerprint density at radius 2 is 2.23 bits per heavy atom. The number of carbonyl (C=O) groups is 2. The van der Waals surface area contributed by atoms with E-state index in [4.69, 9.17) is 10.4 Å². The van der Waals surface area contributed by atoms with Gasteiger partial charge in [-0.2, -0.15) is 5.26 Å². The Kier molecular flexibility index (Phi) is 3.02. The molecule has 1 atom stereocenters. The molecule has 2 N–H and O–H groups in total. The molecule has 1 aliphatic rings. The van der Waals surface area contributed by atoms with Gasteiger partial charge in [0.15, 0.2) is 0 Å².